The molecular weight excluding hydrogens is 304 g/mol. The zero-order valence-electron chi connectivity index (χ0n) is 12.8. The minimum atomic E-state index is 0.126. The molecule has 5 nitrogen and oxygen atoms in total. The number of rotatable bonds is 2. The molecule has 0 aliphatic carbocycles. The van der Waals surface area contributed by atoms with Gasteiger partial charge in [-0.1, -0.05) is 18.2 Å². The molecule has 4 aromatic rings. The molecule has 0 amide bonds. The van der Waals surface area contributed by atoms with Crippen molar-refractivity contribution in [3.8, 4) is 17.1 Å². The number of nitrogens with zero attached hydrogens (tertiary/aromatic N) is 2. The van der Waals surface area contributed by atoms with Gasteiger partial charge >= 0.3 is 0 Å². The molecule has 24 heavy (non-hydrogen) atoms. The van der Waals surface area contributed by atoms with E-state index in [1.807, 2.05) is 36.4 Å². The number of ether oxygens (including phenoxy) is 1. The first-order chi connectivity index (χ1) is 11.9. The van der Waals surface area contributed by atoms with Crippen molar-refractivity contribution in [1.82, 2.24) is 9.97 Å². The Morgan fingerprint density at radius 2 is 2.04 bits per heavy atom. The molecule has 1 aliphatic rings. The first kappa shape index (κ1) is 13.4. The molecule has 0 spiro atoms. The van der Waals surface area contributed by atoms with Gasteiger partial charge in [0.2, 0.25) is 5.89 Å². The lowest BCUT2D eigenvalue weighted by Crippen LogP contribution is -2.19. The zero-order chi connectivity index (χ0) is 15.9. The predicted molar refractivity (Wildman–Crippen MR) is 87.9 cm³/mol. The van der Waals surface area contributed by atoms with E-state index in [0.717, 1.165) is 28.8 Å². The van der Waals surface area contributed by atoms with Gasteiger partial charge in [0.15, 0.2) is 17.7 Å². The topological polar surface area (TPSA) is 61.3 Å². The number of hydrogen-bond donors (Lipinski definition) is 0. The SMILES string of the molecule is c1ccc2c(c1)CC(c1nc3ccc(-c4cnco4)cc3o1)CO2. The van der Waals surface area contributed by atoms with Crippen molar-refractivity contribution in [3.63, 3.8) is 0 Å². The summed E-state index contributed by atoms with van der Waals surface area (Å²) in [4.78, 5) is 8.59. The van der Waals surface area contributed by atoms with Crippen LogP contribution in [0.1, 0.15) is 17.4 Å². The second-order valence-electron chi connectivity index (χ2n) is 5.92. The molecule has 0 N–H and O–H groups in total. The van der Waals surface area contributed by atoms with Crippen molar-refractivity contribution in [2.45, 2.75) is 12.3 Å². The van der Waals surface area contributed by atoms with Crippen molar-refractivity contribution in [1.29, 1.82) is 0 Å². The molecule has 0 radical (unpaired) electrons. The molecule has 5 rings (SSSR count). The predicted octanol–water partition coefficient (Wildman–Crippen LogP) is 4.20. The number of oxazole rings is 2. The molecule has 0 bridgehead atoms. The number of para-hydroxylation sites is 1. The number of hydrogen-bond acceptors (Lipinski definition) is 5. The normalized spacial score (nSPS) is 16.8. The van der Waals surface area contributed by atoms with Crippen molar-refractivity contribution in [2.24, 2.45) is 0 Å². The maximum Gasteiger partial charge on any atom is 0.202 e. The van der Waals surface area contributed by atoms with Gasteiger partial charge < -0.3 is 13.6 Å². The van der Waals surface area contributed by atoms with Crippen molar-refractivity contribution < 1.29 is 13.6 Å². The van der Waals surface area contributed by atoms with Crippen molar-refractivity contribution in [3.05, 3.63) is 66.5 Å². The molecule has 0 fully saturated rings. The highest BCUT2D eigenvalue weighted by atomic mass is 16.5. The smallest absolute Gasteiger partial charge is 0.202 e. The van der Waals surface area contributed by atoms with Gasteiger partial charge in [-0.2, -0.15) is 0 Å². The van der Waals surface area contributed by atoms with Crippen LogP contribution in [-0.2, 0) is 6.42 Å². The van der Waals surface area contributed by atoms with Crippen molar-refractivity contribution in [2.75, 3.05) is 6.61 Å². The third kappa shape index (κ3) is 2.17. The minimum absolute atomic E-state index is 0.126. The van der Waals surface area contributed by atoms with E-state index in [0.29, 0.717) is 18.3 Å². The molecule has 2 aromatic heterocycles. The summed E-state index contributed by atoms with van der Waals surface area (Å²) in [5, 5.41) is 0. The second-order valence-corrected chi connectivity index (χ2v) is 5.92. The van der Waals surface area contributed by atoms with E-state index in [2.05, 4.69) is 16.0 Å². The van der Waals surface area contributed by atoms with Crippen LogP contribution < -0.4 is 4.74 Å². The molecule has 5 heteroatoms. The lowest BCUT2D eigenvalue weighted by atomic mass is 9.97. The Morgan fingerprint density at radius 1 is 1.08 bits per heavy atom. The van der Waals surface area contributed by atoms with Crippen LogP contribution in [0, 0.1) is 0 Å². The fourth-order valence-electron chi connectivity index (χ4n) is 3.12. The third-order valence-electron chi connectivity index (χ3n) is 4.35. The van der Waals surface area contributed by atoms with Crippen LogP contribution in [-0.4, -0.2) is 16.6 Å². The Kier molecular flexibility index (Phi) is 2.91. The van der Waals surface area contributed by atoms with Gasteiger partial charge in [0.05, 0.1) is 12.1 Å². The summed E-state index contributed by atoms with van der Waals surface area (Å²) in [5.41, 5.74) is 3.70. The van der Waals surface area contributed by atoms with E-state index >= 15 is 0 Å². The monoisotopic (exact) mass is 318 g/mol. The first-order valence-corrected chi connectivity index (χ1v) is 7.87. The number of aromatic nitrogens is 2. The molecule has 2 aromatic carbocycles. The number of benzene rings is 2. The molecule has 0 saturated carbocycles. The highest BCUT2D eigenvalue weighted by Gasteiger charge is 2.25. The van der Waals surface area contributed by atoms with Gasteiger partial charge in [-0.05, 0) is 36.2 Å². The van der Waals surface area contributed by atoms with E-state index < -0.39 is 0 Å². The molecular formula is C19H14N2O3. The molecule has 1 aliphatic heterocycles. The summed E-state index contributed by atoms with van der Waals surface area (Å²) in [6.45, 7) is 0.582. The minimum Gasteiger partial charge on any atom is -0.492 e. The van der Waals surface area contributed by atoms with E-state index in [4.69, 9.17) is 13.6 Å². The van der Waals surface area contributed by atoms with Gasteiger partial charge in [-0.3, -0.25) is 0 Å². The summed E-state index contributed by atoms with van der Waals surface area (Å²) >= 11 is 0. The Labute approximate surface area is 137 Å². The van der Waals surface area contributed by atoms with E-state index in [1.165, 1.54) is 12.0 Å². The van der Waals surface area contributed by atoms with Gasteiger partial charge in [0, 0.05) is 5.56 Å². The van der Waals surface area contributed by atoms with Crippen LogP contribution >= 0.6 is 0 Å². The average molecular weight is 318 g/mol. The molecule has 1 unspecified atom stereocenters. The van der Waals surface area contributed by atoms with Crippen LogP contribution in [0.2, 0.25) is 0 Å². The van der Waals surface area contributed by atoms with Gasteiger partial charge in [0.25, 0.3) is 0 Å². The highest BCUT2D eigenvalue weighted by Crippen LogP contribution is 2.33. The average Bonchev–Trinajstić information content (AvgIpc) is 3.30. The summed E-state index contributed by atoms with van der Waals surface area (Å²) in [7, 11) is 0. The molecule has 1 atom stereocenters. The lowest BCUT2D eigenvalue weighted by molar-refractivity contribution is 0.243. The van der Waals surface area contributed by atoms with E-state index in [1.54, 1.807) is 6.20 Å². The zero-order valence-corrected chi connectivity index (χ0v) is 12.8. The van der Waals surface area contributed by atoms with Crippen LogP contribution in [0.3, 0.4) is 0 Å². The standard InChI is InChI=1S/C19H14N2O3/c1-2-4-16-12(3-1)7-14(10-22-16)19-21-15-6-5-13(8-17(15)24-19)18-9-20-11-23-18/h1-6,8-9,11,14H,7,10H2. The largest absolute Gasteiger partial charge is 0.492 e. The fourth-order valence-corrected chi connectivity index (χ4v) is 3.12. The Hall–Kier alpha value is -3.08. The summed E-state index contributed by atoms with van der Waals surface area (Å²) in [5.74, 6) is 2.51. The maximum absolute atomic E-state index is 6.01. The number of fused-ring (bicyclic) bond motifs is 2. The Morgan fingerprint density at radius 3 is 2.96 bits per heavy atom. The molecule has 0 saturated heterocycles. The Bertz CT molecular complexity index is 1000. The quantitative estimate of drug-likeness (QED) is 0.554. The molecule has 118 valence electrons. The lowest BCUT2D eigenvalue weighted by Gasteiger charge is -2.22. The summed E-state index contributed by atoms with van der Waals surface area (Å²) in [6, 6.07) is 13.9. The second kappa shape index (κ2) is 5.23. The van der Waals surface area contributed by atoms with Gasteiger partial charge in [0.1, 0.15) is 17.9 Å². The van der Waals surface area contributed by atoms with E-state index in [9.17, 15) is 0 Å². The Balaban J connectivity index is 1.50. The van der Waals surface area contributed by atoms with E-state index in [-0.39, 0.29) is 5.92 Å². The van der Waals surface area contributed by atoms with Gasteiger partial charge in [-0.25, -0.2) is 9.97 Å². The summed E-state index contributed by atoms with van der Waals surface area (Å²) < 4.78 is 17.2. The van der Waals surface area contributed by atoms with Crippen LogP contribution in [0.25, 0.3) is 22.4 Å². The van der Waals surface area contributed by atoms with Crippen LogP contribution in [0.4, 0.5) is 0 Å². The first-order valence-electron chi connectivity index (χ1n) is 7.87. The molecule has 3 heterocycles. The maximum atomic E-state index is 6.01. The van der Waals surface area contributed by atoms with Crippen LogP contribution in [0.15, 0.2) is 63.9 Å². The third-order valence-corrected chi connectivity index (χ3v) is 4.35. The van der Waals surface area contributed by atoms with Crippen LogP contribution in [0.5, 0.6) is 5.75 Å². The highest BCUT2D eigenvalue weighted by molar-refractivity contribution is 5.78. The van der Waals surface area contributed by atoms with Gasteiger partial charge in [-0.15, -0.1) is 0 Å². The van der Waals surface area contributed by atoms with Crippen molar-refractivity contribution >= 4 is 11.1 Å². The fraction of sp³-hybridized carbons (Fsp3) is 0.158. The summed E-state index contributed by atoms with van der Waals surface area (Å²) in [6.07, 6.45) is 3.98.